The maximum atomic E-state index is 9.93. The average Bonchev–Trinajstić information content (AvgIpc) is 2.24. The van der Waals surface area contributed by atoms with Gasteiger partial charge in [0.15, 0.2) is 0 Å². The van der Waals surface area contributed by atoms with Gasteiger partial charge in [0.25, 0.3) is 0 Å². The lowest BCUT2D eigenvalue weighted by Crippen LogP contribution is -1.90. The number of hydrogen-bond acceptors (Lipinski definition) is 4. The Morgan fingerprint density at radius 2 is 1.43 bits per heavy atom. The van der Waals surface area contributed by atoms with Crippen LogP contribution in [0.25, 0.3) is 0 Å². The van der Waals surface area contributed by atoms with E-state index in [0.717, 1.165) is 11.1 Å². The first-order valence-electron chi connectivity index (χ1n) is 4.02. The molecule has 1 rings (SSSR count). The van der Waals surface area contributed by atoms with Crippen LogP contribution in [-0.4, -0.2) is 12.2 Å². The highest BCUT2D eigenvalue weighted by Crippen LogP contribution is 2.10. The second-order valence-corrected chi connectivity index (χ2v) is 2.58. The van der Waals surface area contributed by atoms with Crippen molar-refractivity contribution in [1.82, 2.24) is 0 Å². The van der Waals surface area contributed by atoms with E-state index in [2.05, 4.69) is 9.98 Å². The smallest absolute Gasteiger partial charge is 0.211 e. The van der Waals surface area contributed by atoms with Gasteiger partial charge < -0.3 is 0 Å². The van der Waals surface area contributed by atoms with Crippen molar-refractivity contribution in [2.45, 2.75) is 13.1 Å². The molecule has 1 aromatic rings. The Balaban J connectivity index is 0.00000196. The van der Waals surface area contributed by atoms with Crippen molar-refractivity contribution in [1.29, 1.82) is 0 Å². The fraction of sp³-hybridized carbons (Fsp3) is 0.200. The minimum absolute atomic E-state index is 0. The Morgan fingerprint density at radius 3 is 1.79 bits per heavy atom. The third kappa shape index (κ3) is 2.79. The first kappa shape index (κ1) is 10.1. The lowest BCUT2D eigenvalue weighted by Gasteiger charge is -2.01. The van der Waals surface area contributed by atoms with Gasteiger partial charge >= 0.3 is 1.43 Å². The SMILES string of the molecule is O=C=NCc1ccccc1CN=C=O.[H+]. The predicted molar refractivity (Wildman–Crippen MR) is 51.2 cm³/mol. The van der Waals surface area contributed by atoms with Crippen LogP contribution in [0.15, 0.2) is 34.3 Å². The molecule has 4 nitrogen and oxygen atoms in total. The minimum Gasteiger partial charge on any atom is -0.211 e. The van der Waals surface area contributed by atoms with Crippen molar-refractivity contribution in [3.05, 3.63) is 35.4 Å². The fourth-order valence-electron chi connectivity index (χ4n) is 1.10. The highest BCUT2D eigenvalue weighted by atomic mass is 16.1. The van der Waals surface area contributed by atoms with Gasteiger partial charge in [-0.1, -0.05) is 24.3 Å². The van der Waals surface area contributed by atoms with E-state index in [1.807, 2.05) is 24.3 Å². The van der Waals surface area contributed by atoms with Crippen LogP contribution in [0.5, 0.6) is 0 Å². The molecule has 0 saturated heterocycles. The van der Waals surface area contributed by atoms with Crippen LogP contribution in [0.3, 0.4) is 0 Å². The van der Waals surface area contributed by atoms with E-state index in [1.54, 1.807) is 0 Å². The summed E-state index contributed by atoms with van der Waals surface area (Å²) in [5.41, 5.74) is 1.74. The molecule has 0 aliphatic rings. The van der Waals surface area contributed by atoms with E-state index in [4.69, 9.17) is 0 Å². The van der Waals surface area contributed by atoms with Gasteiger partial charge in [-0.05, 0) is 11.1 Å². The van der Waals surface area contributed by atoms with E-state index < -0.39 is 0 Å². The summed E-state index contributed by atoms with van der Waals surface area (Å²) >= 11 is 0. The largest absolute Gasteiger partial charge is 1.00 e. The fourth-order valence-corrected chi connectivity index (χ4v) is 1.10. The number of hydrogen-bond donors (Lipinski definition) is 0. The minimum atomic E-state index is 0. The normalized spacial score (nSPS) is 8.57. The summed E-state index contributed by atoms with van der Waals surface area (Å²) in [6.45, 7) is 0.544. The molecular formula is C10H9N2O2+. The van der Waals surface area contributed by atoms with E-state index >= 15 is 0 Å². The zero-order chi connectivity index (χ0) is 10.2. The molecule has 0 atom stereocenters. The van der Waals surface area contributed by atoms with Crippen LogP contribution in [0, 0.1) is 0 Å². The number of carbonyl (C=O) groups excluding carboxylic acids is 2. The molecule has 0 amide bonds. The molecule has 0 bridgehead atoms. The van der Waals surface area contributed by atoms with Gasteiger partial charge in [-0.2, -0.15) is 0 Å². The van der Waals surface area contributed by atoms with Crippen molar-refractivity contribution < 1.29 is 11.0 Å². The van der Waals surface area contributed by atoms with Crippen molar-refractivity contribution in [2.75, 3.05) is 0 Å². The third-order valence-corrected chi connectivity index (χ3v) is 1.75. The lowest BCUT2D eigenvalue weighted by atomic mass is 10.1. The van der Waals surface area contributed by atoms with Crippen LogP contribution >= 0.6 is 0 Å². The van der Waals surface area contributed by atoms with Crippen LogP contribution < -0.4 is 0 Å². The number of rotatable bonds is 4. The standard InChI is InChI=1S/C10H8N2O2/c13-7-11-5-9-3-1-2-4-10(9)6-12-8-14/h1-4H,5-6H2/p+1. The quantitative estimate of drug-likeness (QED) is 0.532. The van der Waals surface area contributed by atoms with Crippen LogP contribution in [0.2, 0.25) is 0 Å². The summed E-state index contributed by atoms with van der Waals surface area (Å²) in [5.74, 6) is 0. The summed E-state index contributed by atoms with van der Waals surface area (Å²) < 4.78 is 0. The summed E-state index contributed by atoms with van der Waals surface area (Å²) in [4.78, 5) is 26.8. The molecule has 0 aromatic heterocycles. The lowest BCUT2D eigenvalue weighted by molar-refractivity contribution is 0.561. The van der Waals surface area contributed by atoms with Gasteiger partial charge in [0.05, 0.1) is 13.1 Å². The molecule has 4 heteroatoms. The predicted octanol–water partition coefficient (Wildman–Crippen LogP) is 1.47. The maximum absolute atomic E-state index is 9.93. The first-order chi connectivity index (χ1) is 6.88. The molecule has 70 valence electrons. The summed E-state index contributed by atoms with van der Waals surface area (Å²) in [5, 5.41) is 0. The molecule has 14 heavy (non-hydrogen) atoms. The molecule has 0 aliphatic carbocycles. The molecule has 1 aromatic carbocycles. The molecule has 0 N–H and O–H groups in total. The van der Waals surface area contributed by atoms with Gasteiger partial charge in [0.1, 0.15) is 0 Å². The molecule has 0 saturated carbocycles. The van der Waals surface area contributed by atoms with Crippen LogP contribution in [-0.2, 0) is 22.7 Å². The topological polar surface area (TPSA) is 58.9 Å². The van der Waals surface area contributed by atoms with Crippen LogP contribution in [0.1, 0.15) is 12.6 Å². The number of aliphatic imine (C=N–C) groups is 2. The second kappa shape index (κ2) is 5.60. The second-order valence-electron chi connectivity index (χ2n) is 2.58. The van der Waals surface area contributed by atoms with E-state index in [0.29, 0.717) is 0 Å². The highest BCUT2D eigenvalue weighted by Gasteiger charge is 1.99. The molecule has 0 spiro atoms. The van der Waals surface area contributed by atoms with E-state index in [1.165, 1.54) is 12.2 Å². The van der Waals surface area contributed by atoms with E-state index in [-0.39, 0.29) is 14.5 Å². The Kier molecular flexibility index (Phi) is 4.02. The highest BCUT2D eigenvalue weighted by molar-refractivity contribution is 5.37. The molecule has 0 radical (unpaired) electrons. The summed E-state index contributed by atoms with van der Waals surface area (Å²) in [6.07, 6.45) is 2.93. The van der Waals surface area contributed by atoms with E-state index in [9.17, 15) is 9.59 Å². The van der Waals surface area contributed by atoms with Gasteiger partial charge in [-0.15, -0.1) is 0 Å². The summed E-state index contributed by atoms with van der Waals surface area (Å²) in [6, 6.07) is 7.33. The van der Waals surface area contributed by atoms with Gasteiger partial charge in [0, 0.05) is 0 Å². The van der Waals surface area contributed by atoms with Crippen molar-refractivity contribution in [2.24, 2.45) is 9.98 Å². The Morgan fingerprint density at radius 1 is 1.00 bits per heavy atom. The third-order valence-electron chi connectivity index (χ3n) is 1.75. The molecule has 0 fully saturated rings. The Bertz CT molecular complexity index is 369. The number of benzene rings is 1. The van der Waals surface area contributed by atoms with Crippen molar-refractivity contribution >= 4 is 12.2 Å². The van der Waals surface area contributed by atoms with Crippen LogP contribution in [0.4, 0.5) is 0 Å². The molecule has 0 heterocycles. The van der Waals surface area contributed by atoms with Gasteiger partial charge in [-0.3, -0.25) is 0 Å². The summed E-state index contributed by atoms with van der Waals surface area (Å²) in [7, 11) is 0. The van der Waals surface area contributed by atoms with Gasteiger partial charge in [-0.25, -0.2) is 19.6 Å². The monoisotopic (exact) mass is 189 g/mol. The zero-order valence-electron chi connectivity index (χ0n) is 8.43. The first-order valence-corrected chi connectivity index (χ1v) is 4.02. The number of nitrogens with zero attached hydrogens (tertiary/aromatic N) is 2. The molecular weight excluding hydrogens is 180 g/mol. The zero-order valence-corrected chi connectivity index (χ0v) is 7.43. The average molecular weight is 189 g/mol. The van der Waals surface area contributed by atoms with Crippen molar-refractivity contribution in [3.63, 3.8) is 0 Å². The van der Waals surface area contributed by atoms with Crippen molar-refractivity contribution in [3.8, 4) is 0 Å². The molecule has 0 unspecified atom stereocenters. The molecule has 0 aliphatic heterocycles. The maximum Gasteiger partial charge on any atom is 1.00 e. The number of isocyanates is 2. The van der Waals surface area contributed by atoms with Gasteiger partial charge in [0.2, 0.25) is 12.2 Å². The Hall–Kier alpha value is -2.02. The Labute approximate surface area is 82.5 Å².